The molecule has 7 heteroatoms. The third-order valence-corrected chi connectivity index (χ3v) is 5.65. The number of carbonyl (C=O) groups excluding carboxylic acids is 1. The molecule has 0 aliphatic rings. The van der Waals surface area contributed by atoms with Crippen molar-refractivity contribution in [2.45, 2.75) is 25.4 Å². The second kappa shape index (κ2) is 9.48. The lowest BCUT2D eigenvalue weighted by Crippen LogP contribution is -2.38. The number of rotatable bonds is 8. The zero-order chi connectivity index (χ0) is 22.5. The summed E-state index contributed by atoms with van der Waals surface area (Å²) in [5, 5.41) is 11.6. The van der Waals surface area contributed by atoms with Crippen LogP contribution >= 0.6 is 0 Å². The van der Waals surface area contributed by atoms with Gasteiger partial charge >= 0.3 is 0 Å². The van der Waals surface area contributed by atoms with Gasteiger partial charge in [-0.25, -0.2) is 9.67 Å². The van der Waals surface area contributed by atoms with E-state index >= 15 is 0 Å². The number of aromatic amines is 1. The molecule has 0 aliphatic carbocycles. The minimum Gasteiger partial charge on any atom is -0.349 e. The van der Waals surface area contributed by atoms with Crippen LogP contribution in [0.5, 0.6) is 0 Å². The number of carbonyl (C=O) groups is 1. The standard InChI is InChI=1S/C26H24N6O/c33-26(29-22(15-23-16-27-18-28-23)14-19-6-2-1-3-7-19)21-12-10-20(11-13-21)17-32-25-9-5-4-8-24(25)30-31-32/h1-13,16,18,22H,14-15,17H2,(H,27,28)(H,29,33). The zero-order valence-electron chi connectivity index (χ0n) is 18.1. The van der Waals surface area contributed by atoms with Crippen LogP contribution in [0.1, 0.15) is 27.2 Å². The Hall–Kier alpha value is -4.26. The molecule has 2 aromatic heterocycles. The van der Waals surface area contributed by atoms with E-state index in [0.29, 0.717) is 18.5 Å². The molecule has 33 heavy (non-hydrogen) atoms. The van der Waals surface area contributed by atoms with Crippen molar-refractivity contribution < 1.29 is 4.79 Å². The van der Waals surface area contributed by atoms with Gasteiger partial charge in [0.15, 0.2) is 0 Å². The summed E-state index contributed by atoms with van der Waals surface area (Å²) in [7, 11) is 0. The average molecular weight is 437 g/mol. The van der Waals surface area contributed by atoms with Gasteiger partial charge in [-0.15, -0.1) is 5.10 Å². The van der Waals surface area contributed by atoms with E-state index < -0.39 is 0 Å². The maximum Gasteiger partial charge on any atom is 0.251 e. The zero-order valence-corrected chi connectivity index (χ0v) is 18.1. The smallest absolute Gasteiger partial charge is 0.251 e. The first kappa shape index (κ1) is 20.6. The highest BCUT2D eigenvalue weighted by atomic mass is 16.1. The van der Waals surface area contributed by atoms with E-state index in [4.69, 9.17) is 0 Å². The van der Waals surface area contributed by atoms with Crippen LogP contribution in [0.2, 0.25) is 0 Å². The van der Waals surface area contributed by atoms with E-state index in [9.17, 15) is 4.79 Å². The average Bonchev–Trinajstić information content (AvgIpc) is 3.50. The van der Waals surface area contributed by atoms with Crippen molar-refractivity contribution in [3.8, 4) is 0 Å². The van der Waals surface area contributed by atoms with Gasteiger partial charge in [0.1, 0.15) is 5.52 Å². The van der Waals surface area contributed by atoms with Crippen molar-refractivity contribution in [1.82, 2.24) is 30.3 Å². The molecular weight excluding hydrogens is 412 g/mol. The third-order valence-electron chi connectivity index (χ3n) is 5.65. The van der Waals surface area contributed by atoms with Gasteiger partial charge in [0.05, 0.1) is 18.4 Å². The lowest BCUT2D eigenvalue weighted by atomic mass is 10.0. The summed E-state index contributed by atoms with van der Waals surface area (Å²) in [5.41, 5.74) is 5.71. The van der Waals surface area contributed by atoms with Crippen LogP contribution in [0.15, 0.2) is 91.4 Å². The van der Waals surface area contributed by atoms with Crippen LogP contribution in [-0.2, 0) is 19.4 Å². The second-order valence-corrected chi connectivity index (χ2v) is 8.07. The fourth-order valence-electron chi connectivity index (χ4n) is 3.97. The lowest BCUT2D eigenvalue weighted by Gasteiger charge is -2.18. The van der Waals surface area contributed by atoms with Gasteiger partial charge in [0, 0.05) is 29.9 Å². The van der Waals surface area contributed by atoms with Crippen LogP contribution in [-0.4, -0.2) is 36.9 Å². The SMILES string of the molecule is O=C(NC(Cc1ccccc1)Cc1cnc[nH]1)c1ccc(Cn2nnc3ccccc32)cc1. The molecule has 0 spiro atoms. The molecular formula is C26H24N6O. The largest absolute Gasteiger partial charge is 0.349 e. The van der Waals surface area contributed by atoms with Crippen LogP contribution in [0.25, 0.3) is 11.0 Å². The normalized spacial score (nSPS) is 12.0. The molecule has 7 nitrogen and oxygen atoms in total. The molecule has 1 amide bonds. The van der Waals surface area contributed by atoms with Gasteiger partial charge in [-0.05, 0) is 41.8 Å². The Labute approximate surface area is 191 Å². The first-order valence-electron chi connectivity index (χ1n) is 10.9. The molecule has 2 N–H and O–H groups in total. The van der Waals surface area contributed by atoms with Crippen molar-refractivity contribution in [3.05, 3.63) is 114 Å². The summed E-state index contributed by atoms with van der Waals surface area (Å²) in [6.07, 6.45) is 4.88. The van der Waals surface area contributed by atoms with Gasteiger partial charge in [0.25, 0.3) is 5.91 Å². The number of nitrogens with zero attached hydrogens (tertiary/aromatic N) is 4. The van der Waals surface area contributed by atoms with Crippen molar-refractivity contribution in [2.75, 3.05) is 0 Å². The van der Waals surface area contributed by atoms with Crippen molar-refractivity contribution in [2.24, 2.45) is 0 Å². The molecule has 0 radical (unpaired) electrons. The van der Waals surface area contributed by atoms with Crippen LogP contribution in [0, 0.1) is 0 Å². The Bertz CT molecular complexity index is 1330. The number of para-hydroxylation sites is 1. The van der Waals surface area contributed by atoms with Crippen molar-refractivity contribution in [1.29, 1.82) is 0 Å². The first-order chi connectivity index (χ1) is 16.2. The summed E-state index contributed by atoms with van der Waals surface area (Å²) in [6.45, 7) is 0.596. The molecule has 0 saturated carbocycles. The second-order valence-electron chi connectivity index (χ2n) is 8.07. The Morgan fingerprint density at radius 3 is 2.48 bits per heavy atom. The van der Waals surface area contributed by atoms with Gasteiger partial charge in [0.2, 0.25) is 0 Å². The number of amides is 1. The first-order valence-corrected chi connectivity index (χ1v) is 10.9. The molecule has 3 aromatic carbocycles. The summed E-state index contributed by atoms with van der Waals surface area (Å²) < 4.78 is 1.87. The van der Waals surface area contributed by atoms with E-state index in [0.717, 1.165) is 28.7 Å². The van der Waals surface area contributed by atoms with Crippen molar-refractivity contribution in [3.63, 3.8) is 0 Å². The number of fused-ring (bicyclic) bond motifs is 1. The van der Waals surface area contributed by atoms with E-state index in [1.807, 2.05) is 71.4 Å². The highest BCUT2D eigenvalue weighted by molar-refractivity contribution is 5.94. The molecule has 5 aromatic rings. The fraction of sp³-hybridized carbons (Fsp3) is 0.154. The molecule has 0 aliphatic heterocycles. The number of H-pyrrole nitrogens is 1. The molecule has 1 atom stereocenters. The van der Waals surface area contributed by atoms with Gasteiger partial charge in [-0.2, -0.15) is 0 Å². The van der Waals surface area contributed by atoms with E-state index in [1.165, 1.54) is 5.56 Å². The lowest BCUT2D eigenvalue weighted by molar-refractivity contribution is 0.0936. The summed E-state index contributed by atoms with van der Waals surface area (Å²) >= 11 is 0. The van der Waals surface area contributed by atoms with E-state index in [-0.39, 0.29) is 11.9 Å². The maximum atomic E-state index is 13.0. The van der Waals surface area contributed by atoms with Crippen molar-refractivity contribution >= 4 is 16.9 Å². The van der Waals surface area contributed by atoms with E-state index in [2.05, 4.69) is 37.7 Å². The Kier molecular flexibility index (Phi) is 5.93. The molecule has 164 valence electrons. The topological polar surface area (TPSA) is 88.5 Å². The molecule has 0 bridgehead atoms. The monoisotopic (exact) mass is 436 g/mol. The minimum absolute atomic E-state index is 0.0541. The van der Waals surface area contributed by atoms with E-state index in [1.54, 1.807) is 12.5 Å². The molecule has 5 rings (SSSR count). The predicted molar refractivity (Wildman–Crippen MR) is 127 cm³/mol. The Balaban J connectivity index is 1.28. The van der Waals surface area contributed by atoms with Gasteiger partial charge < -0.3 is 10.3 Å². The maximum absolute atomic E-state index is 13.0. The highest BCUT2D eigenvalue weighted by Crippen LogP contribution is 2.14. The number of benzene rings is 3. The molecule has 0 saturated heterocycles. The van der Waals surface area contributed by atoms with Crippen LogP contribution < -0.4 is 5.32 Å². The summed E-state index contributed by atoms with van der Waals surface area (Å²) in [5.74, 6) is -0.0896. The quantitative estimate of drug-likeness (QED) is 0.387. The third kappa shape index (κ3) is 4.98. The van der Waals surface area contributed by atoms with Gasteiger partial charge in [-0.3, -0.25) is 4.79 Å². The number of nitrogens with one attached hydrogen (secondary N) is 2. The number of hydrogen-bond acceptors (Lipinski definition) is 4. The minimum atomic E-state index is -0.0896. The summed E-state index contributed by atoms with van der Waals surface area (Å²) in [4.78, 5) is 20.2. The molecule has 1 unspecified atom stereocenters. The number of hydrogen-bond donors (Lipinski definition) is 2. The highest BCUT2D eigenvalue weighted by Gasteiger charge is 2.16. The predicted octanol–water partition coefficient (Wildman–Crippen LogP) is 3.79. The fourth-order valence-corrected chi connectivity index (χ4v) is 3.97. The Morgan fingerprint density at radius 2 is 1.70 bits per heavy atom. The molecule has 0 fully saturated rings. The number of imidazole rings is 1. The van der Waals surface area contributed by atoms with Gasteiger partial charge in [-0.1, -0.05) is 59.8 Å². The summed E-state index contributed by atoms with van der Waals surface area (Å²) in [6, 6.07) is 25.7. The van der Waals surface area contributed by atoms with Crippen LogP contribution in [0.3, 0.4) is 0 Å². The number of aromatic nitrogens is 5. The van der Waals surface area contributed by atoms with Crippen LogP contribution in [0.4, 0.5) is 0 Å². The molecule has 2 heterocycles. The Morgan fingerprint density at radius 1 is 0.909 bits per heavy atom.